The molecule has 0 unspecified atom stereocenters. The lowest BCUT2D eigenvalue weighted by Gasteiger charge is -2.23. The van der Waals surface area contributed by atoms with E-state index in [0.29, 0.717) is 24.2 Å². The molecule has 0 aliphatic heterocycles. The molecule has 0 spiro atoms. The first kappa shape index (κ1) is 32.5. The molecule has 4 aromatic carbocycles. The summed E-state index contributed by atoms with van der Waals surface area (Å²) in [6.07, 6.45) is 2.97. The number of urea groups is 1. The Kier molecular flexibility index (Phi) is 10.6. The maximum Gasteiger partial charge on any atom is 0.322 e. The van der Waals surface area contributed by atoms with Crippen LogP contribution in [-0.4, -0.2) is 31.8 Å². The molecule has 0 aromatic heterocycles. The second kappa shape index (κ2) is 14.4. The van der Waals surface area contributed by atoms with Crippen LogP contribution in [0, 0.1) is 0 Å². The summed E-state index contributed by atoms with van der Waals surface area (Å²) in [5.74, 6) is -0.687. The molecule has 2 N–H and O–H groups in total. The number of anilines is 1. The molecule has 7 nitrogen and oxygen atoms in total. The van der Waals surface area contributed by atoms with Crippen molar-refractivity contribution in [2.75, 3.05) is 11.9 Å². The summed E-state index contributed by atoms with van der Waals surface area (Å²) in [6, 6.07) is 30.3. The first-order chi connectivity index (χ1) is 21.0. The number of carbonyl (C=O) groups is 2. The lowest BCUT2D eigenvalue weighted by Crippen LogP contribution is -2.35. The van der Waals surface area contributed by atoms with Gasteiger partial charge in [0.15, 0.2) is 0 Å². The number of benzene rings is 4. The van der Waals surface area contributed by atoms with Crippen LogP contribution in [0.5, 0.6) is 0 Å². The van der Waals surface area contributed by atoms with Gasteiger partial charge in [-0.1, -0.05) is 113 Å². The summed E-state index contributed by atoms with van der Waals surface area (Å²) in [6.45, 7) is 9.37. The van der Waals surface area contributed by atoms with Crippen LogP contribution >= 0.6 is 0 Å². The summed E-state index contributed by atoms with van der Waals surface area (Å²) in [4.78, 5) is 27.8. The zero-order valence-corrected chi connectivity index (χ0v) is 26.7. The van der Waals surface area contributed by atoms with E-state index in [1.807, 2.05) is 66.7 Å². The fraction of sp³-hybridized carbons (Fsp3) is 0.278. The topological polar surface area (TPSA) is 95.6 Å². The molecule has 4 aromatic rings. The van der Waals surface area contributed by atoms with E-state index in [-0.39, 0.29) is 21.9 Å². The van der Waals surface area contributed by atoms with Crippen LogP contribution in [-0.2, 0) is 22.0 Å². The average molecular weight is 612 g/mol. The van der Waals surface area contributed by atoms with Gasteiger partial charge in [0.25, 0.3) is 15.9 Å². The zero-order chi connectivity index (χ0) is 31.7. The van der Waals surface area contributed by atoms with Gasteiger partial charge < -0.3 is 10.2 Å². The predicted octanol–water partition coefficient (Wildman–Crippen LogP) is 7.99. The Labute approximate surface area is 261 Å². The van der Waals surface area contributed by atoms with E-state index in [0.717, 1.165) is 36.1 Å². The van der Waals surface area contributed by atoms with E-state index >= 15 is 0 Å². The molecule has 0 saturated heterocycles. The Hall–Kier alpha value is -4.43. The molecule has 0 heterocycles. The van der Waals surface area contributed by atoms with Gasteiger partial charge in [0.1, 0.15) is 0 Å². The van der Waals surface area contributed by atoms with Crippen molar-refractivity contribution < 1.29 is 18.0 Å². The fourth-order valence-corrected chi connectivity index (χ4v) is 6.04. The summed E-state index contributed by atoms with van der Waals surface area (Å²) in [5, 5.41) is 2.97. The highest BCUT2D eigenvalue weighted by molar-refractivity contribution is 7.90. The minimum atomic E-state index is -4.17. The van der Waals surface area contributed by atoms with Crippen LogP contribution in [0.3, 0.4) is 0 Å². The van der Waals surface area contributed by atoms with Gasteiger partial charge in [0.05, 0.1) is 4.90 Å². The molecule has 4 rings (SSSR count). The number of para-hydroxylation sites is 1. The molecule has 0 aliphatic rings. The highest BCUT2D eigenvalue weighted by atomic mass is 32.2. The minimum absolute atomic E-state index is 0.0100. The second-order valence-corrected chi connectivity index (χ2v) is 13.5. The number of nitrogens with zero attached hydrogens (tertiary/aromatic N) is 1. The van der Waals surface area contributed by atoms with Crippen LogP contribution in [0.1, 0.15) is 68.4 Å². The van der Waals surface area contributed by atoms with Crippen molar-refractivity contribution in [2.24, 2.45) is 0 Å². The Morgan fingerprint density at radius 1 is 0.773 bits per heavy atom. The summed E-state index contributed by atoms with van der Waals surface area (Å²) >= 11 is 0. The van der Waals surface area contributed by atoms with Crippen molar-refractivity contribution in [1.29, 1.82) is 0 Å². The van der Waals surface area contributed by atoms with E-state index in [9.17, 15) is 18.0 Å². The van der Waals surface area contributed by atoms with E-state index < -0.39 is 15.9 Å². The lowest BCUT2D eigenvalue weighted by molar-refractivity contribution is 0.0981. The van der Waals surface area contributed by atoms with Gasteiger partial charge in [-0.3, -0.25) is 4.79 Å². The summed E-state index contributed by atoms with van der Waals surface area (Å²) in [5.41, 5.74) is 4.04. The van der Waals surface area contributed by atoms with Gasteiger partial charge in [0, 0.05) is 29.9 Å². The predicted molar refractivity (Wildman–Crippen MR) is 177 cm³/mol. The number of unbranched alkanes of at least 4 members (excludes halogenated alkanes) is 2. The number of rotatable bonds is 11. The first-order valence-electron chi connectivity index (χ1n) is 14.9. The number of carbonyl (C=O) groups excluding carboxylic acids is 2. The van der Waals surface area contributed by atoms with Crippen LogP contribution in [0.25, 0.3) is 11.1 Å². The Balaban J connectivity index is 1.51. The largest absolute Gasteiger partial charge is 0.322 e. The van der Waals surface area contributed by atoms with Crippen molar-refractivity contribution in [2.45, 2.75) is 63.8 Å². The number of hydrogen-bond acceptors (Lipinski definition) is 4. The number of sulfonamides is 1. The van der Waals surface area contributed by atoms with E-state index in [4.69, 9.17) is 0 Å². The Morgan fingerprint density at radius 3 is 2.05 bits per heavy atom. The zero-order valence-electron chi connectivity index (χ0n) is 25.8. The van der Waals surface area contributed by atoms with E-state index in [2.05, 4.69) is 37.7 Å². The van der Waals surface area contributed by atoms with Gasteiger partial charge in [-0.25, -0.2) is 17.9 Å². The van der Waals surface area contributed by atoms with Gasteiger partial charge >= 0.3 is 6.03 Å². The van der Waals surface area contributed by atoms with Gasteiger partial charge in [0.2, 0.25) is 0 Å². The lowest BCUT2D eigenvalue weighted by atomic mass is 9.87. The van der Waals surface area contributed by atoms with Crippen molar-refractivity contribution in [3.63, 3.8) is 0 Å². The fourth-order valence-electron chi connectivity index (χ4n) is 4.84. The molecule has 3 amide bonds. The van der Waals surface area contributed by atoms with Crippen LogP contribution in [0.2, 0.25) is 0 Å². The Bertz CT molecular complexity index is 1660. The van der Waals surface area contributed by atoms with Crippen LogP contribution in [0.4, 0.5) is 10.5 Å². The second-order valence-electron chi connectivity index (χ2n) is 11.9. The van der Waals surface area contributed by atoms with Gasteiger partial charge in [-0.2, -0.15) is 0 Å². The van der Waals surface area contributed by atoms with Crippen molar-refractivity contribution in [3.05, 3.63) is 120 Å². The molecule has 0 fully saturated rings. The third-order valence-corrected chi connectivity index (χ3v) is 8.79. The third-order valence-electron chi connectivity index (χ3n) is 7.40. The summed E-state index contributed by atoms with van der Waals surface area (Å²) < 4.78 is 29.1. The molecule has 0 radical (unpaired) electrons. The maximum absolute atomic E-state index is 13.4. The van der Waals surface area contributed by atoms with Gasteiger partial charge in [-0.05, 0) is 58.9 Å². The van der Waals surface area contributed by atoms with Crippen molar-refractivity contribution in [1.82, 2.24) is 9.62 Å². The SMILES string of the molecule is CCCCCN(Cc1ccc(-c2ccccc2S(=O)(=O)NC(=O)c2ccc(C(C)(C)C)cc2)cc1)C(=O)Nc1ccccc1. The molecule has 0 atom stereocenters. The number of hydrogen-bond donors (Lipinski definition) is 2. The third kappa shape index (κ3) is 8.57. The highest BCUT2D eigenvalue weighted by Crippen LogP contribution is 2.28. The molecule has 0 saturated carbocycles. The molecule has 0 aliphatic carbocycles. The molecule has 230 valence electrons. The smallest absolute Gasteiger partial charge is 0.320 e. The van der Waals surface area contributed by atoms with Crippen LogP contribution < -0.4 is 10.0 Å². The standard InChI is InChI=1S/C36H41N3O4S/c1-5-6-12-25-39(35(41)37-31-13-8-7-9-14-31)26-27-17-19-28(20-18-27)32-15-10-11-16-33(32)44(42,43)38-34(40)29-21-23-30(24-22-29)36(2,3)4/h7-11,13-24H,5-6,12,25-26H2,1-4H3,(H,37,41)(H,38,40). The molecule has 44 heavy (non-hydrogen) atoms. The normalized spacial score (nSPS) is 11.5. The van der Waals surface area contributed by atoms with Crippen molar-refractivity contribution in [3.8, 4) is 11.1 Å². The quantitative estimate of drug-likeness (QED) is 0.168. The number of amides is 3. The first-order valence-corrected chi connectivity index (χ1v) is 16.4. The minimum Gasteiger partial charge on any atom is -0.320 e. The summed E-state index contributed by atoms with van der Waals surface area (Å²) in [7, 11) is -4.17. The molecule has 0 bridgehead atoms. The maximum atomic E-state index is 13.4. The van der Waals surface area contributed by atoms with Gasteiger partial charge in [-0.15, -0.1) is 0 Å². The monoisotopic (exact) mass is 611 g/mol. The van der Waals surface area contributed by atoms with Crippen LogP contribution in [0.15, 0.2) is 108 Å². The molecular formula is C36H41N3O4S. The van der Waals surface area contributed by atoms with Crippen molar-refractivity contribution >= 4 is 27.6 Å². The number of nitrogens with one attached hydrogen (secondary N) is 2. The van der Waals surface area contributed by atoms with E-state index in [1.54, 1.807) is 35.2 Å². The van der Waals surface area contributed by atoms with E-state index in [1.165, 1.54) is 6.07 Å². The Morgan fingerprint density at radius 2 is 1.41 bits per heavy atom. The average Bonchev–Trinajstić information content (AvgIpc) is 3.01. The molecular weight excluding hydrogens is 570 g/mol. The molecule has 8 heteroatoms. The highest BCUT2D eigenvalue weighted by Gasteiger charge is 2.23.